The normalized spacial score (nSPS) is 47.1. The number of hydrogen-bond donors (Lipinski definition) is 6. The zero-order valence-electron chi connectivity index (χ0n) is 14.6. The van der Waals surface area contributed by atoms with E-state index in [4.69, 9.17) is 23.7 Å². The molecule has 0 spiro atoms. The second-order valence-corrected chi connectivity index (χ2v) is 6.27. The zero-order chi connectivity index (χ0) is 19.4. The number of ether oxygens (including phenoxy) is 5. The number of aliphatic hydroxyl groups is 6. The van der Waals surface area contributed by atoms with E-state index in [2.05, 4.69) is 0 Å². The van der Waals surface area contributed by atoms with Gasteiger partial charge in [0.15, 0.2) is 12.6 Å². The van der Waals surface area contributed by atoms with Crippen LogP contribution in [0.2, 0.25) is 0 Å². The van der Waals surface area contributed by atoms with Gasteiger partial charge in [-0.2, -0.15) is 0 Å². The quantitative estimate of drug-likeness (QED) is 0.256. The number of rotatable bonds is 7. The molecule has 0 aromatic carbocycles. The average molecular weight is 384 g/mol. The fourth-order valence-corrected chi connectivity index (χ4v) is 2.90. The molecule has 0 saturated carbocycles. The van der Waals surface area contributed by atoms with E-state index < -0.39 is 61.4 Å². The largest absolute Gasteiger partial charge is 0.387 e. The maximum Gasteiger partial charge on any atom is 0.186 e. The molecule has 2 rings (SSSR count). The van der Waals surface area contributed by atoms with Gasteiger partial charge in [0.25, 0.3) is 0 Å². The summed E-state index contributed by atoms with van der Waals surface area (Å²) in [5.41, 5.74) is 0. The molecule has 10 atom stereocenters. The molecule has 2 aliphatic rings. The van der Waals surface area contributed by atoms with E-state index >= 15 is 0 Å². The zero-order valence-corrected chi connectivity index (χ0v) is 14.6. The van der Waals surface area contributed by atoms with Crippen LogP contribution in [-0.4, -0.2) is 119 Å². The van der Waals surface area contributed by atoms with Gasteiger partial charge in [0.05, 0.1) is 13.2 Å². The fraction of sp³-hybridized carbons (Fsp3) is 1.00. The fourth-order valence-electron chi connectivity index (χ4n) is 2.90. The molecule has 2 fully saturated rings. The van der Waals surface area contributed by atoms with Crippen LogP contribution in [-0.2, 0) is 23.7 Å². The summed E-state index contributed by atoms with van der Waals surface area (Å²) < 4.78 is 26.2. The van der Waals surface area contributed by atoms with Crippen LogP contribution in [0.25, 0.3) is 0 Å². The Morgan fingerprint density at radius 2 is 1.12 bits per heavy atom. The summed E-state index contributed by atoms with van der Waals surface area (Å²) in [5.74, 6) is 0. The standard InChI is InChI=1S/C15H28O11/c1-3-23-14-12(20)11(19)9(17)7(26-14)5-24-15-13(21)10(18)8(16)6(25-15)4-22-2/h6-21H,3-5H2,1-2H3/t6?,7?,8-,9-,10?,11?,12+,13+,14+,15+/m1/s1. The van der Waals surface area contributed by atoms with E-state index in [1.807, 2.05) is 0 Å². The predicted octanol–water partition coefficient (Wildman–Crippen LogP) is -3.70. The molecule has 154 valence electrons. The molecule has 2 heterocycles. The van der Waals surface area contributed by atoms with Crippen molar-refractivity contribution in [3.05, 3.63) is 0 Å². The maximum absolute atomic E-state index is 10.0. The molecule has 6 N–H and O–H groups in total. The van der Waals surface area contributed by atoms with Crippen molar-refractivity contribution in [2.45, 2.75) is 68.3 Å². The first kappa shape index (κ1) is 21.9. The third-order valence-electron chi connectivity index (χ3n) is 4.42. The summed E-state index contributed by atoms with van der Waals surface area (Å²) in [4.78, 5) is 0. The molecular weight excluding hydrogens is 356 g/mol. The number of hydrogen-bond acceptors (Lipinski definition) is 11. The van der Waals surface area contributed by atoms with Crippen LogP contribution in [0.1, 0.15) is 6.92 Å². The van der Waals surface area contributed by atoms with Gasteiger partial charge in [-0.3, -0.25) is 0 Å². The molecule has 0 aliphatic carbocycles. The Morgan fingerprint density at radius 3 is 1.58 bits per heavy atom. The summed E-state index contributed by atoms with van der Waals surface area (Å²) in [6.45, 7) is 1.52. The van der Waals surface area contributed by atoms with Crippen LogP contribution < -0.4 is 0 Å². The third-order valence-corrected chi connectivity index (χ3v) is 4.42. The summed E-state index contributed by atoms with van der Waals surface area (Å²) in [6.07, 6.45) is -13.3. The Hall–Kier alpha value is -0.440. The van der Waals surface area contributed by atoms with E-state index in [1.165, 1.54) is 7.11 Å². The van der Waals surface area contributed by atoms with Crippen LogP contribution in [0.3, 0.4) is 0 Å². The Labute approximate surface area is 150 Å². The topological polar surface area (TPSA) is 168 Å². The van der Waals surface area contributed by atoms with Gasteiger partial charge in [0, 0.05) is 13.7 Å². The summed E-state index contributed by atoms with van der Waals surface area (Å²) in [7, 11) is 1.39. The molecule has 0 radical (unpaired) electrons. The lowest BCUT2D eigenvalue weighted by Crippen LogP contribution is -2.61. The molecule has 4 unspecified atom stereocenters. The molecule has 2 saturated heterocycles. The van der Waals surface area contributed by atoms with Crippen LogP contribution in [0, 0.1) is 0 Å². The van der Waals surface area contributed by atoms with E-state index in [0.717, 1.165) is 0 Å². The Kier molecular flexibility index (Phi) is 8.12. The average Bonchev–Trinajstić information content (AvgIpc) is 2.62. The van der Waals surface area contributed by atoms with Crippen LogP contribution >= 0.6 is 0 Å². The van der Waals surface area contributed by atoms with Gasteiger partial charge in [-0.05, 0) is 6.92 Å². The molecular formula is C15H28O11. The first-order chi connectivity index (χ1) is 12.3. The highest BCUT2D eigenvalue weighted by atomic mass is 16.7. The van der Waals surface area contributed by atoms with Crippen molar-refractivity contribution in [1.82, 2.24) is 0 Å². The molecule has 11 nitrogen and oxygen atoms in total. The van der Waals surface area contributed by atoms with Crippen LogP contribution in [0.5, 0.6) is 0 Å². The van der Waals surface area contributed by atoms with E-state index in [9.17, 15) is 30.6 Å². The third kappa shape index (κ3) is 4.69. The lowest BCUT2D eigenvalue weighted by atomic mass is 9.98. The van der Waals surface area contributed by atoms with Crippen molar-refractivity contribution >= 4 is 0 Å². The molecule has 26 heavy (non-hydrogen) atoms. The minimum Gasteiger partial charge on any atom is -0.387 e. The first-order valence-corrected chi connectivity index (χ1v) is 8.43. The molecule has 0 amide bonds. The Morgan fingerprint density at radius 1 is 0.654 bits per heavy atom. The van der Waals surface area contributed by atoms with Crippen molar-refractivity contribution in [2.24, 2.45) is 0 Å². The highest BCUT2D eigenvalue weighted by molar-refractivity contribution is 4.91. The highest BCUT2D eigenvalue weighted by Gasteiger charge is 2.47. The van der Waals surface area contributed by atoms with Gasteiger partial charge in [0.2, 0.25) is 0 Å². The first-order valence-electron chi connectivity index (χ1n) is 8.43. The minimum atomic E-state index is -1.54. The van der Waals surface area contributed by atoms with Crippen LogP contribution in [0.4, 0.5) is 0 Å². The predicted molar refractivity (Wildman–Crippen MR) is 82.8 cm³/mol. The van der Waals surface area contributed by atoms with Crippen molar-refractivity contribution < 1.29 is 54.3 Å². The molecule has 2 aliphatic heterocycles. The summed E-state index contributed by atoms with van der Waals surface area (Å²) >= 11 is 0. The van der Waals surface area contributed by atoms with Gasteiger partial charge in [-0.25, -0.2) is 0 Å². The Bertz CT molecular complexity index is 386. The van der Waals surface area contributed by atoms with E-state index in [0.29, 0.717) is 0 Å². The molecule has 0 bridgehead atoms. The highest BCUT2D eigenvalue weighted by Crippen LogP contribution is 2.26. The SMILES string of the molecule is CCO[C@H]1OC(CO[C@H]2OC(COC)[C@@H](O)C(O)[C@@H]2O)[C@@H](O)C(O)[C@@H]1O. The lowest BCUT2D eigenvalue weighted by Gasteiger charge is -2.42. The van der Waals surface area contributed by atoms with Crippen LogP contribution in [0.15, 0.2) is 0 Å². The molecule has 0 aromatic rings. The second kappa shape index (κ2) is 9.66. The lowest BCUT2D eigenvalue weighted by molar-refractivity contribution is -0.331. The van der Waals surface area contributed by atoms with Gasteiger partial charge >= 0.3 is 0 Å². The summed E-state index contributed by atoms with van der Waals surface area (Å²) in [5, 5.41) is 59.5. The van der Waals surface area contributed by atoms with Gasteiger partial charge < -0.3 is 54.3 Å². The number of methoxy groups -OCH3 is 1. The summed E-state index contributed by atoms with van der Waals surface area (Å²) in [6, 6.07) is 0. The van der Waals surface area contributed by atoms with Crippen molar-refractivity contribution in [3.63, 3.8) is 0 Å². The molecule has 0 aromatic heterocycles. The number of aliphatic hydroxyl groups excluding tert-OH is 6. The van der Waals surface area contributed by atoms with Crippen molar-refractivity contribution in [2.75, 3.05) is 26.9 Å². The monoisotopic (exact) mass is 384 g/mol. The maximum atomic E-state index is 10.0. The van der Waals surface area contributed by atoms with E-state index in [1.54, 1.807) is 6.92 Å². The van der Waals surface area contributed by atoms with Crippen molar-refractivity contribution in [1.29, 1.82) is 0 Å². The van der Waals surface area contributed by atoms with Gasteiger partial charge in [-0.1, -0.05) is 0 Å². The minimum absolute atomic E-state index is 0.0370. The Balaban J connectivity index is 1.97. The second-order valence-electron chi connectivity index (χ2n) is 6.27. The van der Waals surface area contributed by atoms with E-state index in [-0.39, 0.29) is 19.8 Å². The van der Waals surface area contributed by atoms with Gasteiger partial charge in [0.1, 0.15) is 48.8 Å². The van der Waals surface area contributed by atoms with Crippen molar-refractivity contribution in [3.8, 4) is 0 Å². The smallest absolute Gasteiger partial charge is 0.186 e. The molecule has 11 heteroatoms. The van der Waals surface area contributed by atoms with Gasteiger partial charge in [-0.15, -0.1) is 0 Å².